The van der Waals surface area contributed by atoms with Crippen LogP contribution in [-0.4, -0.2) is 9.78 Å². The summed E-state index contributed by atoms with van der Waals surface area (Å²) in [5, 5.41) is 6.95. The average molecular weight is 250 g/mol. The van der Waals surface area contributed by atoms with Gasteiger partial charge in [-0.3, -0.25) is 0 Å². The average Bonchev–Trinajstić information content (AvgIpc) is 3.05. The van der Waals surface area contributed by atoms with E-state index in [0.717, 1.165) is 5.69 Å². The predicted molar refractivity (Wildman–Crippen MR) is 76.5 cm³/mol. The molecule has 0 saturated carbocycles. The number of aromatic nitrogens is 2. The van der Waals surface area contributed by atoms with Crippen LogP contribution in [0.4, 0.5) is 0 Å². The third-order valence-electron chi connectivity index (χ3n) is 3.13. The van der Waals surface area contributed by atoms with E-state index in [1.807, 2.05) is 34.5 Å². The van der Waals surface area contributed by atoms with E-state index in [4.69, 9.17) is 0 Å². The maximum Gasteiger partial charge on any atom is 0.0738 e. The molecule has 3 heteroatoms. The van der Waals surface area contributed by atoms with Gasteiger partial charge >= 0.3 is 0 Å². The molecule has 2 heterocycles. The standard InChI is InChI=1S/C15H10N2S/c1-2-7-13-11(5-1)15-12(17-10-4-9-16-17)6-3-8-14(15)18-13/h1-10H. The Hall–Kier alpha value is -2.13. The lowest BCUT2D eigenvalue weighted by Crippen LogP contribution is -1.94. The number of hydrogen-bond acceptors (Lipinski definition) is 2. The Kier molecular flexibility index (Phi) is 2.02. The molecule has 0 aliphatic carbocycles. The van der Waals surface area contributed by atoms with Crippen molar-refractivity contribution in [3.63, 3.8) is 0 Å². The Bertz CT molecular complexity index is 828. The van der Waals surface area contributed by atoms with Gasteiger partial charge in [0.1, 0.15) is 0 Å². The molecule has 0 atom stereocenters. The Morgan fingerprint density at radius 2 is 1.78 bits per heavy atom. The van der Waals surface area contributed by atoms with E-state index in [2.05, 4.69) is 47.6 Å². The molecule has 2 nitrogen and oxygen atoms in total. The molecular weight excluding hydrogens is 240 g/mol. The molecular formula is C15H10N2S. The fourth-order valence-electron chi connectivity index (χ4n) is 2.36. The summed E-state index contributed by atoms with van der Waals surface area (Å²) in [5.74, 6) is 0. The van der Waals surface area contributed by atoms with Crippen LogP contribution < -0.4 is 0 Å². The van der Waals surface area contributed by atoms with Gasteiger partial charge in [-0.05, 0) is 24.3 Å². The topological polar surface area (TPSA) is 17.8 Å². The zero-order chi connectivity index (χ0) is 11.9. The second kappa shape index (κ2) is 3.68. The number of rotatable bonds is 1. The van der Waals surface area contributed by atoms with Crippen LogP contribution in [-0.2, 0) is 0 Å². The van der Waals surface area contributed by atoms with E-state index in [-0.39, 0.29) is 0 Å². The Labute approximate surface area is 108 Å². The monoisotopic (exact) mass is 250 g/mol. The second-order valence-electron chi connectivity index (χ2n) is 4.20. The van der Waals surface area contributed by atoms with E-state index >= 15 is 0 Å². The van der Waals surface area contributed by atoms with Crippen LogP contribution in [0.2, 0.25) is 0 Å². The van der Waals surface area contributed by atoms with Crippen LogP contribution in [0.5, 0.6) is 0 Å². The fourth-order valence-corrected chi connectivity index (χ4v) is 3.48. The van der Waals surface area contributed by atoms with Gasteiger partial charge in [-0.15, -0.1) is 11.3 Å². The van der Waals surface area contributed by atoms with Crippen LogP contribution in [0.1, 0.15) is 0 Å². The highest BCUT2D eigenvalue weighted by molar-refractivity contribution is 7.25. The van der Waals surface area contributed by atoms with E-state index < -0.39 is 0 Å². The van der Waals surface area contributed by atoms with Crippen molar-refractivity contribution in [2.75, 3.05) is 0 Å². The summed E-state index contributed by atoms with van der Waals surface area (Å²) in [7, 11) is 0. The number of benzene rings is 2. The molecule has 4 rings (SSSR count). The number of hydrogen-bond donors (Lipinski definition) is 0. The summed E-state index contributed by atoms with van der Waals surface area (Å²) in [6.45, 7) is 0. The molecule has 18 heavy (non-hydrogen) atoms. The zero-order valence-corrected chi connectivity index (χ0v) is 10.4. The highest BCUT2D eigenvalue weighted by atomic mass is 32.1. The molecule has 0 unspecified atom stereocenters. The number of thiophene rings is 1. The minimum absolute atomic E-state index is 1.15. The minimum Gasteiger partial charge on any atom is -0.240 e. The molecule has 0 fully saturated rings. The van der Waals surface area contributed by atoms with Crippen LogP contribution in [0.3, 0.4) is 0 Å². The Morgan fingerprint density at radius 1 is 0.889 bits per heavy atom. The molecule has 0 saturated heterocycles. The first-order chi connectivity index (χ1) is 8.93. The summed E-state index contributed by atoms with van der Waals surface area (Å²) in [4.78, 5) is 0. The molecule has 0 N–H and O–H groups in total. The van der Waals surface area contributed by atoms with Gasteiger partial charge in [0.05, 0.1) is 5.69 Å². The lowest BCUT2D eigenvalue weighted by atomic mass is 10.1. The molecule has 2 aromatic carbocycles. The maximum atomic E-state index is 4.34. The van der Waals surface area contributed by atoms with Crippen LogP contribution >= 0.6 is 11.3 Å². The van der Waals surface area contributed by atoms with E-state index in [1.54, 1.807) is 0 Å². The third kappa shape index (κ3) is 1.31. The molecule has 86 valence electrons. The minimum atomic E-state index is 1.15. The van der Waals surface area contributed by atoms with Crippen LogP contribution in [0.15, 0.2) is 60.9 Å². The van der Waals surface area contributed by atoms with Gasteiger partial charge in [-0.25, -0.2) is 4.68 Å². The van der Waals surface area contributed by atoms with Gasteiger partial charge in [-0.2, -0.15) is 5.10 Å². The quantitative estimate of drug-likeness (QED) is 0.494. The molecule has 2 aromatic heterocycles. The first-order valence-corrected chi connectivity index (χ1v) is 6.65. The van der Waals surface area contributed by atoms with Gasteiger partial charge in [0.25, 0.3) is 0 Å². The largest absolute Gasteiger partial charge is 0.240 e. The molecule has 0 amide bonds. The van der Waals surface area contributed by atoms with Crippen molar-refractivity contribution in [2.24, 2.45) is 0 Å². The third-order valence-corrected chi connectivity index (χ3v) is 4.27. The lowest BCUT2D eigenvalue weighted by Gasteiger charge is -2.03. The predicted octanol–water partition coefficient (Wildman–Crippen LogP) is 4.24. The van der Waals surface area contributed by atoms with Crippen molar-refractivity contribution in [1.29, 1.82) is 0 Å². The molecule has 0 spiro atoms. The van der Waals surface area contributed by atoms with Crippen LogP contribution in [0, 0.1) is 0 Å². The Balaban J connectivity index is 2.21. The number of nitrogens with zero attached hydrogens (tertiary/aromatic N) is 2. The summed E-state index contributed by atoms with van der Waals surface area (Å²) >= 11 is 1.83. The smallest absolute Gasteiger partial charge is 0.0738 e. The van der Waals surface area contributed by atoms with Gasteiger partial charge in [0.15, 0.2) is 0 Å². The van der Waals surface area contributed by atoms with Crippen LogP contribution in [0.25, 0.3) is 25.9 Å². The van der Waals surface area contributed by atoms with E-state index in [9.17, 15) is 0 Å². The first-order valence-electron chi connectivity index (χ1n) is 5.84. The summed E-state index contributed by atoms with van der Waals surface area (Å²) < 4.78 is 4.57. The summed E-state index contributed by atoms with van der Waals surface area (Å²) in [6, 6.07) is 16.9. The summed E-state index contributed by atoms with van der Waals surface area (Å²) in [6.07, 6.45) is 3.80. The van der Waals surface area contributed by atoms with Gasteiger partial charge in [0, 0.05) is 32.6 Å². The van der Waals surface area contributed by atoms with Gasteiger partial charge < -0.3 is 0 Å². The molecule has 0 bridgehead atoms. The van der Waals surface area contributed by atoms with Crippen molar-refractivity contribution in [3.8, 4) is 5.69 Å². The summed E-state index contributed by atoms with van der Waals surface area (Å²) in [5.41, 5.74) is 1.15. The molecule has 4 aromatic rings. The van der Waals surface area contributed by atoms with E-state index in [0.29, 0.717) is 0 Å². The molecule has 0 radical (unpaired) electrons. The maximum absolute atomic E-state index is 4.34. The zero-order valence-electron chi connectivity index (χ0n) is 9.58. The molecule has 0 aliphatic heterocycles. The van der Waals surface area contributed by atoms with Crippen molar-refractivity contribution < 1.29 is 0 Å². The highest BCUT2D eigenvalue weighted by Crippen LogP contribution is 2.36. The fraction of sp³-hybridized carbons (Fsp3) is 0. The second-order valence-corrected chi connectivity index (χ2v) is 5.28. The van der Waals surface area contributed by atoms with Gasteiger partial charge in [-0.1, -0.05) is 24.3 Å². The van der Waals surface area contributed by atoms with Gasteiger partial charge in [0.2, 0.25) is 0 Å². The number of fused-ring (bicyclic) bond motifs is 3. The van der Waals surface area contributed by atoms with E-state index in [1.165, 1.54) is 20.2 Å². The van der Waals surface area contributed by atoms with Crippen molar-refractivity contribution in [2.45, 2.75) is 0 Å². The normalized spacial score (nSPS) is 11.3. The highest BCUT2D eigenvalue weighted by Gasteiger charge is 2.09. The molecule has 0 aliphatic rings. The SMILES string of the molecule is c1ccc2c(c1)sc1cccc(-n3cccn3)c12. The van der Waals surface area contributed by atoms with Crippen molar-refractivity contribution in [1.82, 2.24) is 9.78 Å². The lowest BCUT2D eigenvalue weighted by molar-refractivity contribution is 0.888. The first kappa shape index (κ1) is 9.85. The Morgan fingerprint density at radius 3 is 2.67 bits per heavy atom. The van der Waals surface area contributed by atoms with Crippen molar-refractivity contribution >= 4 is 31.5 Å². The van der Waals surface area contributed by atoms with Crippen molar-refractivity contribution in [3.05, 3.63) is 60.9 Å².